The minimum absolute atomic E-state index is 0.104. The van der Waals surface area contributed by atoms with Gasteiger partial charge < -0.3 is 15.5 Å². The fraction of sp³-hybridized carbons (Fsp3) is 0.222. The molecule has 0 fully saturated rings. The molecule has 138 valence electrons. The maximum Gasteiger partial charge on any atom is 0.279 e. The first-order chi connectivity index (χ1) is 12.3. The highest BCUT2D eigenvalue weighted by atomic mass is 35.5. The van der Waals surface area contributed by atoms with Crippen molar-refractivity contribution in [2.24, 2.45) is 0 Å². The number of carbonyl (C=O) groups excluding carboxylic acids is 2. The van der Waals surface area contributed by atoms with E-state index in [1.54, 1.807) is 25.2 Å². The van der Waals surface area contributed by atoms with Crippen LogP contribution in [0.15, 0.2) is 42.5 Å². The van der Waals surface area contributed by atoms with Gasteiger partial charge in [-0.15, -0.1) is 0 Å². The van der Waals surface area contributed by atoms with Crippen LogP contribution in [0.2, 0.25) is 10.0 Å². The van der Waals surface area contributed by atoms with Gasteiger partial charge in [-0.3, -0.25) is 9.59 Å². The Kier molecular flexibility index (Phi) is 7.38. The molecule has 0 spiro atoms. The second-order valence-electron chi connectivity index (χ2n) is 5.88. The molecule has 8 heteroatoms. The summed E-state index contributed by atoms with van der Waals surface area (Å²) in [6, 6.07) is 10.5. The molecule has 2 aromatic carbocycles. The van der Waals surface area contributed by atoms with Gasteiger partial charge in [0.05, 0.1) is 7.05 Å². The van der Waals surface area contributed by atoms with Crippen LogP contribution in [0.3, 0.4) is 0 Å². The zero-order valence-corrected chi connectivity index (χ0v) is 15.6. The number of likely N-dealkylation sites (N-methyl/N-ethyl adjacent to an activating group) is 1. The molecule has 2 rings (SSSR count). The van der Waals surface area contributed by atoms with Crippen LogP contribution >= 0.6 is 23.2 Å². The molecular formula is C18H19Cl2FN3O2+. The van der Waals surface area contributed by atoms with Crippen LogP contribution < -0.4 is 15.5 Å². The number of nitrogens with one attached hydrogen (secondary N) is 3. The first kappa shape index (κ1) is 20.2. The number of hydrogen-bond acceptors (Lipinski definition) is 2. The Bertz CT molecular complexity index is 785. The summed E-state index contributed by atoms with van der Waals surface area (Å²) < 4.78 is 12.8. The lowest BCUT2D eigenvalue weighted by molar-refractivity contribution is -0.862. The molecule has 1 unspecified atom stereocenters. The van der Waals surface area contributed by atoms with Gasteiger partial charge in [0.1, 0.15) is 5.82 Å². The Morgan fingerprint density at radius 1 is 1.04 bits per heavy atom. The molecule has 0 bridgehead atoms. The third-order valence-electron chi connectivity index (χ3n) is 3.54. The van der Waals surface area contributed by atoms with Gasteiger partial charge in [-0.05, 0) is 42.0 Å². The van der Waals surface area contributed by atoms with E-state index in [1.807, 2.05) is 0 Å². The van der Waals surface area contributed by atoms with Gasteiger partial charge in [-0.2, -0.15) is 0 Å². The quantitative estimate of drug-likeness (QED) is 0.666. The molecule has 0 heterocycles. The van der Waals surface area contributed by atoms with Gasteiger partial charge in [0.15, 0.2) is 13.1 Å². The second-order valence-corrected chi connectivity index (χ2v) is 6.72. The molecule has 0 aromatic heterocycles. The smallest absolute Gasteiger partial charge is 0.279 e. The van der Waals surface area contributed by atoms with Gasteiger partial charge in [-0.1, -0.05) is 29.3 Å². The summed E-state index contributed by atoms with van der Waals surface area (Å²) >= 11 is 11.9. The molecule has 0 radical (unpaired) electrons. The van der Waals surface area contributed by atoms with Crippen molar-refractivity contribution in [1.29, 1.82) is 0 Å². The van der Waals surface area contributed by atoms with E-state index in [0.717, 1.165) is 5.56 Å². The molecule has 2 aromatic rings. The first-order valence-electron chi connectivity index (χ1n) is 7.91. The van der Waals surface area contributed by atoms with Crippen LogP contribution in [0.1, 0.15) is 5.56 Å². The Hall–Kier alpha value is -2.15. The number of quaternary nitrogens is 1. The Balaban J connectivity index is 1.75. The van der Waals surface area contributed by atoms with E-state index in [4.69, 9.17) is 23.2 Å². The molecule has 0 aliphatic rings. The molecule has 0 saturated heterocycles. The molecule has 0 aliphatic heterocycles. The highest BCUT2D eigenvalue weighted by Crippen LogP contribution is 2.20. The van der Waals surface area contributed by atoms with Crippen LogP contribution in [-0.4, -0.2) is 32.0 Å². The van der Waals surface area contributed by atoms with Crippen LogP contribution in [-0.2, 0) is 16.1 Å². The third-order valence-corrected chi connectivity index (χ3v) is 4.13. The maximum atomic E-state index is 12.8. The molecule has 0 saturated carbocycles. The average Bonchev–Trinajstić information content (AvgIpc) is 2.56. The number of hydrogen-bond donors (Lipinski definition) is 3. The minimum atomic E-state index is -0.372. The molecule has 1 atom stereocenters. The molecule has 3 N–H and O–H groups in total. The topological polar surface area (TPSA) is 62.6 Å². The molecule has 26 heavy (non-hydrogen) atoms. The Labute approximate surface area is 161 Å². The molecular weight excluding hydrogens is 380 g/mol. The van der Waals surface area contributed by atoms with Crippen LogP contribution in [0.25, 0.3) is 0 Å². The predicted molar refractivity (Wildman–Crippen MR) is 100.0 cm³/mol. The number of anilines is 1. The standard InChI is InChI=1S/C18H18Cl2FN3O2/c1-24(11-18(26)23-15-6-4-14(21)5-7-15)10-17(25)22-9-12-2-3-13(19)8-16(12)20/h2-8H,9-11H2,1H3,(H,22,25)(H,23,26)/p+1. The van der Waals surface area contributed by atoms with Crippen molar-refractivity contribution >= 4 is 40.7 Å². The van der Waals surface area contributed by atoms with Crippen molar-refractivity contribution in [3.8, 4) is 0 Å². The van der Waals surface area contributed by atoms with Crippen molar-refractivity contribution in [2.45, 2.75) is 6.54 Å². The zero-order chi connectivity index (χ0) is 19.1. The summed E-state index contributed by atoms with van der Waals surface area (Å²) in [4.78, 5) is 24.7. The Morgan fingerprint density at radius 2 is 1.69 bits per heavy atom. The Morgan fingerprint density at radius 3 is 2.35 bits per heavy atom. The van der Waals surface area contributed by atoms with Crippen LogP contribution in [0.5, 0.6) is 0 Å². The fourth-order valence-electron chi connectivity index (χ4n) is 2.27. The summed E-state index contributed by atoms with van der Waals surface area (Å²) in [5.41, 5.74) is 1.27. The van der Waals surface area contributed by atoms with Crippen LogP contribution in [0.4, 0.5) is 10.1 Å². The molecule has 5 nitrogen and oxygen atoms in total. The first-order valence-corrected chi connectivity index (χ1v) is 8.66. The normalized spacial score (nSPS) is 11.7. The van der Waals surface area contributed by atoms with E-state index >= 15 is 0 Å². The summed E-state index contributed by atoms with van der Waals surface area (Å²) in [5.74, 6) is -0.839. The summed E-state index contributed by atoms with van der Waals surface area (Å²) in [7, 11) is 1.74. The minimum Gasteiger partial charge on any atom is -0.347 e. The second kappa shape index (κ2) is 9.52. The lowest BCUT2D eigenvalue weighted by Gasteiger charge is -2.14. The van der Waals surface area contributed by atoms with E-state index < -0.39 is 0 Å². The number of benzene rings is 2. The van der Waals surface area contributed by atoms with Gasteiger partial charge in [-0.25, -0.2) is 4.39 Å². The lowest BCUT2D eigenvalue weighted by atomic mass is 10.2. The van der Waals surface area contributed by atoms with Gasteiger partial charge in [0.2, 0.25) is 0 Å². The fourth-order valence-corrected chi connectivity index (χ4v) is 2.75. The summed E-state index contributed by atoms with van der Waals surface area (Å²) in [6.45, 7) is 0.512. The van der Waals surface area contributed by atoms with Crippen LogP contribution in [0, 0.1) is 5.82 Å². The highest BCUT2D eigenvalue weighted by Gasteiger charge is 2.14. The zero-order valence-electron chi connectivity index (χ0n) is 14.1. The van der Waals surface area contributed by atoms with Crippen molar-refractivity contribution in [1.82, 2.24) is 5.32 Å². The van der Waals surface area contributed by atoms with E-state index in [0.29, 0.717) is 20.6 Å². The summed E-state index contributed by atoms with van der Waals surface area (Å²) in [5, 5.41) is 6.43. The maximum absolute atomic E-state index is 12.8. The number of amides is 2. The van der Waals surface area contributed by atoms with E-state index in [1.165, 1.54) is 24.3 Å². The van der Waals surface area contributed by atoms with Gasteiger partial charge in [0.25, 0.3) is 11.8 Å². The molecule has 2 amide bonds. The number of rotatable bonds is 7. The van der Waals surface area contributed by atoms with E-state index in [-0.39, 0.29) is 37.3 Å². The van der Waals surface area contributed by atoms with Gasteiger partial charge >= 0.3 is 0 Å². The third kappa shape index (κ3) is 6.63. The monoisotopic (exact) mass is 398 g/mol. The largest absolute Gasteiger partial charge is 0.347 e. The number of halogens is 3. The summed E-state index contributed by atoms with van der Waals surface area (Å²) in [6.07, 6.45) is 0. The lowest BCUT2D eigenvalue weighted by Crippen LogP contribution is -3.11. The van der Waals surface area contributed by atoms with Crippen molar-refractivity contribution in [3.05, 3.63) is 63.9 Å². The van der Waals surface area contributed by atoms with Crippen molar-refractivity contribution in [3.63, 3.8) is 0 Å². The van der Waals surface area contributed by atoms with Gasteiger partial charge in [0, 0.05) is 22.3 Å². The predicted octanol–water partition coefficient (Wildman–Crippen LogP) is 1.90. The molecule has 0 aliphatic carbocycles. The van der Waals surface area contributed by atoms with E-state index in [9.17, 15) is 14.0 Å². The SMILES string of the molecule is C[NH+](CC(=O)NCc1ccc(Cl)cc1Cl)CC(=O)Nc1ccc(F)cc1. The van der Waals surface area contributed by atoms with E-state index in [2.05, 4.69) is 10.6 Å². The number of carbonyl (C=O) groups is 2. The van der Waals surface area contributed by atoms with Crippen molar-refractivity contribution < 1.29 is 18.9 Å². The highest BCUT2D eigenvalue weighted by molar-refractivity contribution is 6.35. The van der Waals surface area contributed by atoms with Crippen molar-refractivity contribution in [2.75, 3.05) is 25.5 Å². The average molecular weight is 399 g/mol.